The minimum atomic E-state index is -0.337. The lowest BCUT2D eigenvalue weighted by Gasteiger charge is -2.31. The Kier molecular flexibility index (Phi) is 3.67. The van der Waals surface area contributed by atoms with E-state index in [9.17, 15) is 5.11 Å². The van der Waals surface area contributed by atoms with Gasteiger partial charge in [-0.05, 0) is 13.8 Å². The molecule has 0 aromatic carbocycles. The molecule has 0 aliphatic carbocycles. The third kappa shape index (κ3) is 2.41. The summed E-state index contributed by atoms with van der Waals surface area (Å²) in [4.78, 5) is 2.03. The fourth-order valence-corrected chi connectivity index (χ4v) is 1.75. The summed E-state index contributed by atoms with van der Waals surface area (Å²) >= 11 is 0. The van der Waals surface area contributed by atoms with Crippen LogP contribution in [-0.4, -0.2) is 47.8 Å². The average molecular weight is 183 g/mol. The van der Waals surface area contributed by atoms with E-state index in [4.69, 9.17) is 5.26 Å². The maximum Gasteiger partial charge on any atom is 0.0871 e. The van der Waals surface area contributed by atoms with Gasteiger partial charge in [-0.2, -0.15) is 5.26 Å². The van der Waals surface area contributed by atoms with Crippen LogP contribution in [0.5, 0.6) is 0 Å². The molecule has 2 atom stereocenters. The second-order valence-corrected chi connectivity index (χ2v) is 3.72. The fourth-order valence-electron chi connectivity index (χ4n) is 1.75. The number of rotatable bonds is 3. The number of nitrogens with one attached hydrogen (secondary N) is 1. The normalized spacial score (nSPS) is 28.3. The van der Waals surface area contributed by atoms with Crippen molar-refractivity contribution in [1.29, 1.82) is 5.26 Å². The molecule has 1 aliphatic heterocycles. The van der Waals surface area contributed by atoms with Gasteiger partial charge < -0.3 is 10.4 Å². The lowest BCUT2D eigenvalue weighted by atomic mass is 10.1. The van der Waals surface area contributed by atoms with Gasteiger partial charge in [-0.1, -0.05) is 0 Å². The van der Waals surface area contributed by atoms with E-state index in [0.717, 1.165) is 6.54 Å². The van der Waals surface area contributed by atoms with Gasteiger partial charge in [0.1, 0.15) is 0 Å². The van der Waals surface area contributed by atoms with Crippen LogP contribution in [0.25, 0.3) is 0 Å². The first-order valence-corrected chi connectivity index (χ1v) is 4.68. The van der Waals surface area contributed by atoms with Gasteiger partial charge in [-0.3, -0.25) is 4.90 Å². The third-order valence-corrected chi connectivity index (χ3v) is 2.49. The second kappa shape index (κ2) is 4.56. The molecule has 0 aromatic heterocycles. The molecular formula is C9H17N3O. The van der Waals surface area contributed by atoms with Gasteiger partial charge in [0.05, 0.1) is 24.8 Å². The van der Waals surface area contributed by atoms with E-state index in [1.165, 1.54) is 0 Å². The Hall–Kier alpha value is -0.630. The molecule has 4 heteroatoms. The van der Waals surface area contributed by atoms with E-state index >= 15 is 0 Å². The van der Waals surface area contributed by atoms with E-state index in [1.54, 1.807) is 0 Å². The minimum absolute atomic E-state index is 0.0969. The summed E-state index contributed by atoms with van der Waals surface area (Å²) in [6.45, 7) is 5.90. The number of hydrogen-bond donors (Lipinski definition) is 2. The quantitative estimate of drug-likeness (QED) is 0.582. The van der Waals surface area contributed by atoms with Crippen molar-refractivity contribution >= 4 is 0 Å². The highest BCUT2D eigenvalue weighted by Gasteiger charge is 2.31. The van der Waals surface area contributed by atoms with E-state index in [1.807, 2.05) is 18.7 Å². The van der Waals surface area contributed by atoms with Crippen LogP contribution in [0.2, 0.25) is 0 Å². The van der Waals surface area contributed by atoms with Crippen molar-refractivity contribution in [2.24, 2.45) is 0 Å². The average Bonchev–Trinajstić information content (AvgIpc) is 2.47. The molecule has 74 valence electrons. The van der Waals surface area contributed by atoms with Gasteiger partial charge in [0, 0.05) is 19.1 Å². The van der Waals surface area contributed by atoms with Crippen molar-refractivity contribution in [3.63, 3.8) is 0 Å². The van der Waals surface area contributed by atoms with Crippen LogP contribution in [0.3, 0.4) is 0 Å². The van der Waals surface area contributed by atoms with E-state index < -0.39 is 0 Å². The summed E-state index contributed by atoms with van der Waals surface area (Å²) in [5.41, 5.74) is 0. The lowest BCUT2D eigenvalue weighted by molar-refractivity contribution is 0.0729. The minimum Gasteiger partial charge on any atom is -0.390 e. The first-order chi connectivity index (χ1) is 6.16. The summed E-state index contributed by atoms with van der Waals surface area (Å²) in [6, 6.07) is 2.54. The maximum absolute atomic E-state index is 9.62. The van der Waals surface area contributed by atoms with Crippen LogP contribution in [0.1, 0.15) is 13.8 Å². The molecule has 4 nitrogen and oxygen atoms in total. The summed E-state index contributed by atoms with van der Waals surface area (Å²) in [5, 5.41) is 21.4. The Bertz CT molecular complexity index is 200. The molecule has 0 amide bonds. The predicted molar refractivity (Wildman–Crippen MR) is 50.1 cm³/mol. The molecule has 0 unspecified atom stereocenters. The number of hydrogen-bond acceptors (Lipinski definition) is 4. The van der Waals surface area contributed by atoms with Crippen LogP contribution in [-0.2, 0) is 0 Å². The number of β-amino-alcohol motifs (C(OH)–C–C–N with tert-alkyl or cyclic N) is 1. The SMILES string of the molecule is CC(C)N(CC#N)[C@@H]1CNC[C@H]1O. The van der Waals surface area contributed by atoms with Crippen LogP contribution in [0, 0.1) is 11.3 Å². The maximum atomic E-state index is 9.62. The van der Waals surface area contributed by atoms with Gasteiger partial charge in [0.15, 0.2) is 0 Å². The van der Waals surface area contributed by atoms with Crippen molar-refractivity contribution in [2.45, 2.75) is 32.0 Å². The zero-order chi connectivity index (χ0) is 9.84. The van der Waals surface area contributed by atoms with Gasteiger partial charge in [-0.25, -0.2) is 0 Å². The molecule has 0 aromatic rings. The number of aliphatic hydroxyl groups excluding tert-OH is 1. The predicted octanol–water partition coefficient (Wildman–Crippen LogP) is -0.447. The van der Waals surface area contributed by atoms with Gasteiger partial charge >= 0.3 is 0 Å². The molecule has 1 fully saturated rings. The summed E-state index contributed by atoms with van der Waals surface area (Å²) < 4.78 is 0. The van der Waals surface area contributed by atoms with E-state index in [0.29, 0.717) is 19.1 Å². The summed E-state index contributed by atoms with van der Waals surface area (Å²) in [7, 11) is 0. The van der Waals surface area contributed by atoms with E-state index in [2.05, 4.69) is 11.4 Å². The molecule has 0 spiro atoms. The molecule has 13 heavy (non-hydrogen) atoms. The highest BCUT2D eigenvalue weighted by Crippen LogP contribution is 2.12. The molecule has 0 radical (unpaired) electrons. The third-order valence-electron chi connectivity index (χ3n) is 2.49. The zero-order valence-corrected chi connectivity index (χ0v) is 8.20. The van der Waals surface area contributed by atoms with Crippen LogP contribution in [0.4, 0.5) is 0 Å². The lowest BCUT2D eigenvalue weighted by Crippen LogP contribution is -2.47. The number of nitriles is 1. The summed E-state index contributed by atoms with van der Waals surface area (Å²) in [5.74, 6) is 0. The highest BCUT2D eigenvalue weighted by atomic mass is 16.3. The van der Waals surface area contributed by atoms with Gasteiger partial charge in [0.2, 0.25) is 0 Å². The molecule has 0 bridgehead atoms. The van der Waals surface area contributed by atoms with Crippen LogP contribution >= 0.6 is 0 Å². The Morgan fingerprint density at radius 1 is 1.62 bits per heavy atom. The van der Waals surface area contributed by atoms with E-state index in [-0.39, 0.29) is 12.1 Å². The molecule has 1 rings (SSSR count). The second-order valence-electron chi connectivity index (χ2n) is 3.72. The van der Waals surface area contributed by atoms with Crippen molar-refractivity contribution < 1.29 is 5.11 Å². The van der Waals surface area contributed by atoms with Crippen LogP contribution in [0.15, 0.2) is 0 Å². The molecule has 0 saturated carbocycles. The smallest absolute Gasteiger partial charge is 0.0871 e. The first-order valence-electron chi connectivity index (χ1n) is 4.68. The Balaban J connectivity index is 2.59. The van der Waals surface area contributed by atoms with Crippen molar-refractivity contribution in [1.82, 2.24) is 10.2 Å². The van der Waals surface area contributed by atoms with Crippen molar-refractivity contribution in [3.8, 4) is 6.07 Å². The van der Waals surface area contributed by atoms with Crippen molar-refractivity contribution in [3.05, 3.63) is 0 Å². The van der Waals surface area contributed by atoms with Gasteiger partial charge in [-0.15, -0.1) is 0 Å². The van der Waals surface area contributed by atoms with Crippen LogP contribution < -0.4 is 5.32 Å². The molecule has 1 heterocycles. The number of nitrogens with zero attached hydrogens (tertiary/aromatic N) is 2. The van der Waals surface area contributed by atoms with Gasteiger partial charge in [0.25, 0.3) is 0 Å². The monoisotopic (exact) mass is 183 g/mol. The Labute approximate surface area is 79.1 Å². The highest BCUT2D eigenvalue weighted by molar-refractivity contribution is 4.93. The first kappa shape index (κ1) is 10.5. The standard InChI is InChI=1S/C9H17N3O/c1-7(2)12(4-3-10)8-5-11-6-9(8)13/h7-9,11,13H,4-6H2,1-2H3/t8-,9-/m1/s1. The number of aliphatic hydroxyl groups is 1. The van der Waals surface area contributed by atoms with Crippen molar-refractivity contribution in [2.75, 3.05) is 19.6 Å². The zero-order valence-electron chi connectivity index (χ0n) is 8.20. The summed E-state index contributed by atoms with van der Waals surface area (Å²) in [6.07, 6.45) is -0.337. The Morgan fingerprint density at radius 2 is 2.31 bits per heavy atom. The molecule has 2 N–H and O–H groups in total. The molecule has 1 aliphatic rings. The Morgan fingerprint density at radius 3 is 2.69 bits per heavy atom. The fraction of sp³-hybridized carbons (Fsp3) is 0.889. The molecule has 1 saturated heterocycles. The largest absolute Gasteiger partial charge is 0.390 e. The molecular weight excluding hydrogens is 166 g/mol. The topological polar surface area (TPSA) is 59.3 Å².